The molecule has 0 saturated heterocycles. The summed E-state index contributed by atoms with van der Waals surface area (Å²) in [4.78, 5) is 33.9. The highest BCUT2D eigenvalue weighted by atomic mass is 16.5. The van der Waals surface area contributed by atoms with Crippen LogP contribution in [0.4, 0.5) is 11.5 Å². The third kappa shape index (κ3) is 6.20. The first-order chi connectivity index (χ1) is 15.6. The van der Waals surface area contributed by atoms with Gasteiger partial charge in [0, 0.05) is 25.8 Å². The number of benzene rings is 1. The van der Waals surface area contributed by atoms with Crippen LogP contribution in [0, 0.1) is 0 Å². The largest absolute Gasteiger partial charge is 0.491 e. The van der Waals surface area contributed by atoms with Crippen LogP contribution in [0.3, 0.4) is 0 Å². The fourth-order valence-corrected chi connectivity index (χ4v) is 3.71. The first-order valence-electron chi connectivity index (χ1n) is 11.3. The second-order valence-electron chi connectivity index (χ2n) is 7.71. The number of rotatable bonds is 5. The van der Waals surface area contributed by atoms with Crippen molar-refractivity contribution in [1.82, 2.24) is 14.8 Å². The summed E-state index contributed by atoms with van der Waals surface area (Å²) in [6.07, 6.45) is 5.26. The van der Waals surface area contributed by atoms with E-state index in [9.17, 15) is 14.7 Å². The number of nitrogens with one attached hydrogen (secondary N) is 1. The minimum absolute atomic E-state index is 0.0271. The Kier molecular flexibility index (Phi) is 8.86. The van der Waals surface area contributed by atoms with E-state index in [2.05, 4.69) is 10.3 Å². The maximum absolute atomic E-state index is 13.5. The zero-order chi connectivity index (χ0) is 22.8. The van der Waals surface area contributed by atoms with Gasteiger partial charge in [0.25, 0.3) is 5.91 Å². The van der Waals surface area contributed by atoms with Crippen molar-refractivity contribution in [1.29, 1.82) is 0 Å². The number of ether oxygens (including phenoxy) is 1. The minimum atomic E-state index is -0.246. The number of carbonyl (C=O) groups is 2. The lowest BCUT2D eigenvalue weighted by atomic mass is 10.1. The highest BCUT2D eigenvalue weighted by Crippen LogP contribution is 2.29. The third-order valence-corrected chi connectivity index (χ3v) is 5.48. The van der Waals surface area contributed by atoms with Crippen LogP contribution in [0.25, 0.3) is 0 Å². The first kappa shape index (κ1) is 23.5. The molecule has 0 atom stereocenters. The maximum atomic E-state index is 13.5. The van der Waals surface area contributed by atoms with Crippen LogP contribution >= 0.6 is 0 Å². The molecule has 1 aliphatic rings. The average molecular weight is 441 g/mol. The summed E-state index contributed by atoms with van der Waals surface area (Å²) < 4.78 is 5.95. The van der Waals surface area contributed by atoms with Crippen LogP contribution in [0.2, 0.25) is 0 Å². The Labute approximate surface area is 189 Å². The fraction of sp³-hybridized carbons (Fsp3) is 0.458. The zero-order valence-electron chi connectivity index (χ0n) is 18.6. The summed E-state index contributed by atoms with van der Waals surface area (Å²) in [5.74, 6) is 0.714. The number of pyridine rings is 1. The van der Waals surface area contributed by atoms with E-state index in [1.807, 2.05) is 31.2 Å². The molecule has 1 aromatic heterocycles. The van der Waals surface area contributed by atoms with Gasteiger partial charge >= 0.3 is 0 Å². The van der Waals surface area contributed by atoms with E-state index in [0.717, 1.165) is 31.4 Å². The zero-order valence-corrected chi connectivity index (χ0v) is 18.6. The lowest BCUT2D eigenvalue weighted by Gasteiger charge is -2.27. The molecule has 2 aromatic rings. The summed E-state index contributed by atoms with van der Waals surface area (Å²) in [5.41, 5.74) is 1.14. The number of nitrogens with zero attached hydrogens (tertiary/aromatic N) is 3. The predicted octanol–water partition coefficient (Wildman–Crippen LogP) is 3.06. The number of hydrogen-bond acceptors (Lipinski definition) is 6. The van der Waals surface area contributed by atoms with Gasteiger partial charge in [0.05, 0.1) is 24.5 Å². The highest BCUT2D eigenvalue weighted by molar-refractivity contribution is 6.01. The van der Waals surface area contributed by atoms with Crippen molar-refractivity contribution in [2.24, 2.45) is 0 Å². The number of aliphatic hydroxyl groups excluding tert-OH is 1. The molecule has 0 aliphatic carbocycles. The van der Waals surface area contributed by atoms with Crippen molar-refractivity contribution in [2.45, 2.75) is 32.6 Å². The van der Waals surface area contributed by atoms with Gasteiger partial charge in [-0.25, -0.2) is 4.98 Å². The molecule has 172 valence electrons. The van der Waals surface area contributed by atoms with E-state index >= 15 is 0 Å². The molecule has 1 aliphatic heterocycles. The summed E-state index contributed by atoms with van der Waals surface area (Å²) in [6, 6.07) is 11.0. The summed E-state index contributed by atoms with van der Waals surface area (Å²) >= 11 is 0. The second-order valence-corrected chi connectivity index (χ2v) is 7.71. The van der Waals surface area contributed by atoms with Crippen LogP contribution in [0.15, 0.2) is 42.6 Å². The summed E-state index contributed by atoms with van der Waals surface area (Å²) in [6.45, 7) is 3.56. The van der Waals surface area contributed by atoms with Gasteiger partial charge in [-0.3, -0.25) is 9.59 Å². The molecule has 2 heterocycles. The van der Waals surface area contributed by atoms with Crippen molar-refractivity contribution < 1.29 is 19.4 Å². The third-order valence-electron chi connectivity index (χ3n) is 5.48. The molecular weight excluding hydrogens is 408 g/mol. The van der Waals surface area contributed by atoms with Crippen LogP contribution in [0.1, 0.15) is 43.0 Å². The number of aliphatic hydroxyl groups is 1. The summed E-state index contributed by atoms with van der Waals surface area (Å²) in [5, 5.41) is 12.5. The van der Waals surface area contributed by atoms with Crippen LogP contribution < -0.4 is 10.1 Å². The second kappa shape index (κ2) is 12.0. The predicted molar refractivity (Wildman–Crippen MR) is 123 cm³/mol. The number of hydrogen-bond donors (Lipinski definition) is 2. The van der Waals surface area contributed by atoms with Gasteiger partial charge < -0.3 is 25.0 Å². The summed E-state index contributed by atoms with van der Waals surface area (Å²) in [7, 11) is 0. The number of anilines is 2. The fourth-order valence-electron chi connectivity index (χ4n) is 3.71. The molecule has 0 fully saturated rings. The van der Waals surface area contributed by atoms with Gasteiger partial charge in [-0.15, -0.1) is 0 Å². The van der Waals surface area contributed by atoms with Gasteiger partial charge in [-0.2, -0.15) is 0 Å². The van der Waals surface area contributed by atoms with Crippen molar-refractivity contribution in [3.8, 4) is 5.75 Å². The normalized spacial score (nSPS) is 14.9. The molecule has 0 unspecified atom stereocenters. The lowest BCUT2D eigenvalue weighted by Crippen LogP contribution is -2.44. The van der Waals surface area contributed by atoms with E-state index in [1.165, 1.54) is 0 Å². The smallest absolute Gasteiger partial charge is 0.258 e. The molecule has 0 radical (unpaired) electrons. The molecule has 8 nitrogen and oxygen atoms in total. The molecule has 2 N–H and O–H groups in total. The number of likely N-dealkylation sites (N-methyl/N-ethyl adjacent to an activating group) is 1. The molecule has 0 bridgehead atoms. The molecule has 32 heavy (non-hydrogen) atoms. The van der Waals surface area contributed by atoms with Crippen molar-refractivity contribution >= 4 is 23.3 Å². The van der Waals surface area contributed by atoms with E-state index < -0.39 is 0 Å². The Bertz CT molecular complexity index is 905. The Morgan fingerprint density at radius 3 is 2.81 bits per heavy atom. The molecule has 0 saturated carbocycles. The molecular formula is C24H32N4O4. The Morgan fingerprint density at radius 1 is 1.19 bits per heavy atom. The van der Waals surface area contributed by atoms with Gasteiger partial charge in [0.1, 0.15) is 18.1 Å². The molecule has 3 rings (SSSR count). The van der Waals surface area contributed by atoms with Gasteiger partial charge in [0.15, 0.2) is 0 Å². The van der Waals surface area contributed by atoms with Crippen LogP contribution in [-0.2, 0) is 4.79 Å². The number of fused-ring (bicyclic) bond motifs is 2. The quantitative estimate of drug-likeness (QED) is 0.742. The molecule has 2 amide bonds. The number of amides is 2. The van der Waals surface area contributed by atoms with Crippen molar-refractivity contribution in [3.63, 3.8) is 0 Å². The van der Waals surface area contributed by atoms with Gasteiger partial charge in [-0.05, 0) is 44.0 Å². The maximum Gasteiger partial charge on any atom is 0.258 e. The van der Waals surface area contributed by atoms with Crippen molar-refractivity contribution in [2.75, 3.05) is 44.7 Å². The van der Waals surface area contributed by atoms with E-state index in [-0.39, 0.29) is 31.5 Å². The van der Waals surface area contributed by atoms with Crippen LogP contribution in [-0.4, -0.2) is 71.1 Å². The van der Waals surface area contributed by atoms with E-state index in [1.54, 1.807) is 28.1 Å². The Hall–Kier alpha value is -3.13. The molecule has 8 heteroatoms. The standard InChI is InChI=1S/C24H32N4O4/c1-2-27(15-16-29)22(30)18-28-14-7-3-4-8-17-32-21-12-6-5-11-20(21)26-23-19(24(28)31)10-9-13-25-23/h5-6,9-13,29H,2-4,7-8,14-18H2,1H3,(H,25,26). The van der Waals surface area contributed by atoms with Gasteiger partial charge in [-0.1, -0.05) is 25.0 Å². The average Bonchev–Trinajstić information content (AvgIpc) is 2.81. The Balaban J connectivity index is 1.90. The Morgan fingerprint density at radius 2 is 2.00 bits per heavy atom. The minimum Gasteiger partial charge on any atom is -0.491 e. The van der Waals surface area contributed by atoms with Crippen LogP contribution in [0.5, 0.6) is 5.75 Å². The van der Waals surface area contributed by atoms with Crippen molar-refractivity contribution in [3.05, 3.63) is 48.2 Å². The monoisotopic (exact) mass is 440 g/mol. The molecule has 0 spiro atoms. The number of carbonyl (C=O) groups excluding carboxylic acids is 2. The van der Waals surface area contributed by atoms with Gasteiger partial charge in [0.2, 0.25) is 5.91 Å². The lowest BCUT2D eigenvalue weighted by molar-refractivity contribution is -0.132. The topological polar surface area (TPSA) is 95.0 Å². The van der Waals surface area contributed by atoms with E-state index in [0.29, 0.717) is 36.8 Å². The first-order valence-corrected chi connectivity index (χ1v) is 11.3. The number of para-hydroxylation sites is 2. The highest BCUT2D eigenvalue weighted by Gasteiger charge is 2.24. The number of aromatic nitrogens is 1. The van der Waals surface area contributed by atoms with E-state index in [4.69, 9.17) is 4.74 Å². The molecule has 1 aromatic carbocycles. The SMILES string of the molecule is CCN(CCO)C(=O)CN1CCCCCCOc2ccccc2Nc2ncccc2C1=O.